The Morgan fingerprint density at radius 2 is 1.62 bits per heavy atom. The first-order chi connectivity index (χ1) is 20.4. The Labute approximate surface area is 252 Å². The van der Waals surface area contributed by atoms with Gasteiger partial charge in [0, 0.05) is 11.3 Å². The lowest BCUT2D eigenvalue weighted by Gasteiger charge is -2.50. The van der Waals surface area contributed by atoms with Crippen LogP contribution >= 0.6 is 24.0 Å². The number of thioether (sulfide) groups is 1. The Bertz CT molecular complexity index is 1620. The van der Waals surface area contributed by atoms with E-state index in [4.69, 9.17) is 22.8 Å². The topological polar surface area (TPSA) is 115 Å². The number of β-lactam (4-membered cyclic amide) rings is 1. The molecule has 3 heterocycles. The van der Waals surface area contributed by atoms with E-state index in [9.17, 15) is 9.59 Å². The number of thiocarbonyl (C=S) groups is 1. The van der Waals surface area contributed by atoms with Crippen molar-refractivity contribution in [2.24, 2.45) is 0 Å². The predicted octanol–water partition coefficient (Wildman–Crippen LogP) is 3.79. The highest BCUT2D eigenvalue weighted by molar-refractivity contribution is 8.00. The summed E-state index contributed by atoms with van der Waals surface area (Å²) in [5, 5.41) is 11.1. The van der Waals surface area contributed by atoms with Crippen molar-refractivity contribution in [2.45, 2.75) is 30.9 Å². The van der Waals surface area contributed by atoms with Crippen LogP contribution in [0.4, 0.5) is 0 Å². The number of carbonyl (C=O) groups excluding carboxylic acids is 2. The van der Waals surface area contributed by atoms with Crippen molar-refractivity contribution in [3.63, 3.8) is 0 Å². The third kappa shape index (κ3) is 5.28. The fraction of sp³-hybridized carbons (Fsp3) is 0.194. The molecule has 9 nitrogen and oxygen atoms in total. The molecule has 11 heteroatoms. The number of rotatable bonds is 8. The number of amides is 2. The van der Waals surface area contributed by atoms with E-state index in [0.29, 0.717) is 28.7 Å². The van der Waals surface area contributed by atoms with Crippen LogP contribution in [-0.4, -0.2) is 53.8 Å². The third-order valence-electron chi connectivity index (χ3n) is 7.25. The number of aryl methyl sites for hydroxylation is 1. The van der Waals surface area contributed by atoms with Crippen LogP contribution < -0.4 is 11.2 Å². The highest BCUT2D eigenvalue weighted by Crippen LogP contribution is 2.44. The molecule has 0 unspecified atom stereocenters. The molecule has 2 amide bonds. The molecule has 4 aromatic rings. The molecular weight excluding hydrogens is 569 g/mol. The molecule has 1 aromatic heterocycles. The fourth-order valence-corrected chi connectivity index (χ4v) is 6.76. The van der Waals surface area contributed by atoms with E-state index in [0.717, 1.165) is 16.7 Å². The molecular formula is C31H28N6O3S2. The van der Waals surface area contributed by atoms with E-state index in [-0.39, 0.29) is 28.7 Å². The molecule has 3 N–H and O–H groups in total. The molecule has 2 atom stereocenters. The zero-order valence-corrected chi connectivity index (χ0v) is 24.3. The van der Waals surface area contributed by atoms with Gasteiger partial charge in [0.25, 0.3) is 5.91 Å². The summed E-state index contributed by atoms with van der Waals surface area (Å²) in [5.74, 6) is 7.14. The zero-order chi connectivity index (χ0) is 29.2. The molecule has 1 fully saturated rings. The summed E-state index contributed by atoms with van der Waals surface area (Å²) in [6.45, 7) is 1.75. The summed E-state index contributed by atoms with van der Waals surface area (Å²) in [5.41, 5.74) is 3.76. The Kier molecular flexibility index (Phi) is 7.77. The van der Waals surface area contributed by atoms with Crippen LogP contribution in [0.5, 0.6) is 0 Å². The molecule has 0 bridgehead atoms. The Balaban J connectivity index is 1.32. The summed E-state index contributed by atoms with van der Waals surface area (Å²) < 4.78 is 7.92. The Morgan fingerprint density at radius 3 is 2.19 bits per heavy atom. The first-order valence-electron chi connectivity index (χ1n) is 13.4. The van der Waals surface area contributed by atoms with Gasteiger partial charge in [-0.1, -0.05) is 91.0 Å². The van der Waals surface area contributed by atoms with Gasteiger partial charge in [-0.15, -0.1) is 22.0 Å². The number of hydrogen-bond acceptors (Lipinski definition) is 8. The van der Waals surface area contributed by atoms with Crippen LogP contribution in [0, 0.1) is 6.92 Å². The van der Waals surface area contributed by atoms with Gasteiger partial charge in [-0.3, -0.25) is 14.5 Å². The normalized spacial score (nSPS) is 18.0. The van der Waals surface area contributed by atoms with Crippen molar-refractivity contribution in [3.8, 4) is 0 Å². The number of benzene rings is 3. The standard InChI is InChI=1S/C31H28N6O3S2/c1-19-34-35-28(37(19)32)23-18-42-30-25(33-24(38)17-20-11-5-2-6-12-20)29(39)36(30)26(23)31(41)40-27(21-13-7-3-8-14-21)22-15-9-4-10-16-22/h2-16,25,27,30H,17-18,32H2,1H3,(H,33,38)/t25-,30-/m1/s1. The largest absolute Gasteiger partial charge is 0.469 e. The van der Waals surface area contributed by atoms with Gasteiger partial charge < -0.3 is 15.9 Å². The lowest BCUT2D eigenvalue weighted by atomic mass is 10.0. The van der Waals surface area contributed by atoms with Gasteiger partial charge in [-0.05, 0) is 35.8 Å². The van der Waals surface area contributed by atoms with Gasteiger partial charge in [0.05, 0.1) is 6.42 Å². The van der Waals surface area contributed by atoms with Crippen molar-refractivity contribution >= 4 is 46.4 Å². The lowest BCUT2D eigenvalue weighted by molar-refractivity contribution is -0.145. The predicted molar refractivity (Wildman–Crippen MR) is 165 cm³/mol. The Hall–Kier alpha value is -4.48. The molecule has 2 aliphatic rings. The maximum Gasteiger partial charge on any atom is 0.253 e. The average molecular weight is 597 g/mol. The Morgan fingerprint density at radius 1 is 1.02 bits per heavy atom. The van der Waals surface area contributed by atoms with Gasteiger partial charge in [-0.2, -0.15) is 0 Å². The van der Waals surface area contributed by atoms with Gasteiger partial charge in [0.1, 0.15) is 29.0 Å². The van der Waals surface area contributed by atoms with E-state index in [2.05, 4.69) is 15.5 Å². The lowest BCUT2D eigenvalue weighted by Crippen LogP contribution is -2.70. The van der Waals surface area contributed by atoms with Crippen LogP contribution in [0.25, 0.3) is 5.57 Å². The number of nitrogen functional groups attached to an aromatic ring is 1. The van der Waals surface area contributed by atoms with Gasteiger partial charge in [-0.25, -0.2) is 4.68 Å². The maximum absolute atomic E-state index is 13.7. The summed E-state index contributed by atoms with van der Waals surface area (Å²) in [6.07, 6.45) is -0.333. The van der Waals surface area contributed by atoms with E-state index in [1.807, 2.05) is 91.0 Å². The quantitative estimate of drug-likeness (QED) is 0.179. The van der Waals surface area contributed by atoms with E-state index < -0.39 is 12.1 Å². The third-order valence-corrected chi connectivity index (χ3v) is 8.82. The smallest absolute Gasteiger partial charge is 0.253 e. The number of nitrogens with zero attached hydrogens (tertiary/aromatic N) is 4. The summed E-state index contributed by atoms with van der Waals surface area (Å²) in [7, 11) is 0. The average Bonchev–Trinajstić information content (AvgIpc) is 3.36. The second kappa shape index (κ2) is 11.8. The second-order valence-electron chi connectivity index (χ2n) is 9.99. The fourth-order valence-electron chi connectivity index (χ4n) is 5.11. The van der Waals surface area contributed by atoms with Crippen molar-refractivity contribution < 1.29 is 14.3 Å². The molecule has 6 rings (SSSR count). The number of hydrogen-bond donors (Lipinski definition) is 2. The summed E-state index contributed by atoms with van der Waals surface area (Å²) >= 11 is 7.45. The number of nitrogens with two attached hydrogens (primary N) is 1. The SMILES string of the molecule is Cc1nnc(C2=C(C(=S)OC(c3ccccc3)c3ccccc3)N3C(=O)[C@@H](NC(=O)Cc4ccccc4)[C@H]3SC2)n1N. The van der Waals surface area contributed by atoms with Crippen molar-refractivity contribution in [3.05, 3.63) is 125 Å². The first kappa shape index (κ1) is 27.7. The van der Waals surface area contributed by atoms with Crippen molar-refractivity contribution in [1.29, 1.82) is 0 Å². The molecule has 212 valence electrons. The second-order valence-corrected chi connectivity index (χ2v) is 11.5. The number of nitrogens with one attached hydrogen (secondary N) is 1. The van der Waals surface area contributed by atoms with Crippen molar-refractivity contribution in [1.82, 2.24) is 25.1 Å². The number of carbonyl (C=O) groups is 2. The summed E-state index contributed by atoms with van der Waals surface area (Å²) in [6, 6.07) is 28.3. The van der Waals surface area contributed by atoms with E-state index in [1.54, 1.807) is 11.8 Å². The first-order valence-corrected chi connectivity index (χ1v) is 14.9. The number of fused-ring (bicyclic) bond motifs is 1. The maximum atomic E-state index is 13.7. The zero-order valence-electron chi connectivity index (χ0n) is 22.7. The molecule has 0 spiro atoms. The minimum atomic E-state index is -0.693. The van der Waals surface area contributed by atoms with Crippen LogP contribution in [-0.2, 0) is 20.7 Å². The van der Waals surface area contributed by atoms with Gasteiger partial charge in [0.15, 0.2) is 5.82 Å². The number of ether oxygens (including phenoxy) is 1. The van der Waals surface area contributed by atoms with E-state index in [1.165, 1.54) is 16.4 Å². The minimum Gasteiger partial charge on any atom is -0.469 e. The monoisotopic (exact) mass is 596 g/mol. The van der Waals surface area contributed by atoms with Crippen LogP contribution in [0.1, 0.15) is 34.4 Å². The summed E-state index contributed by atoms with van der Waals surface area (Å²) in [4.78, 5) is 28.1. The molecule has 0 aliphatic carbocycles. The highest BCUT2D eigenvalue weighted by atomic mass is 32.2. The van der Waals surface area contributed by atoms with E-state index >= 15 is 0 Å². The van der Waals surface area contributed by atoms with Crippen LogP contribution in [0.15, 0.2) is 96.7 Å². The minimum absolute atomic E-state index is 0.135. The molecule has 42 heavy (non-hydrogen) atoms. The molecule has 1 saturated heterocycles. The van der Waals surface area contributed by atoms with Gasteiger partial charge >= 0.3 is 0 Å². The highest BCUT2D eigenvalue weighted by Gasteiger charge is 2.54. The molecule has 0 saturated carbocycles. The van der Waals surface area contributed by atoms with Crippen LogP contribution in [0.3, 0.4) is 0 Å². The molecule has 2 aliphatic heterocycles. The van der Waals surface area contributed by atoms with Gasteiger partial charge in [0.2, 0.25) is 11.0 Å². The molecule has 0 radical (unpaired) electrons. The number of aromatic nitrogens is 3. The van der Waals surface area contributed by atoms with Crippen molar-refractivity contribution in [2.75, 3.05) is 11.6 Å². The van der Waals surface area contributed by atoms with Crippen LogP contribution in [0.2, 0.25) is 0 Å². The molecule has 3 aromatic carbocycles.